The van der Waals surface area contributed by atoms with E-state index in [2.05, 4.69) is 6.07 Å². The van der Waals surface area contributed by atoms with Crippen molar-refractivity contribution >= 4 is 23.2 Å². The van der Waals surface area contributed by atoms with Crippen LogP contribution in [0, 0.1) is 6.07 Å². The SMILES string of the molecule is O=c1c(Cl)cc(Cl)c(CCc2cccc(O)c2)n1CCc1cc[c-]cc1.[Cf]. The van der Waals surface area contributed by atoms with Crippen molar-refractivity contribution in [3.63, 3.8) is 0 Å². The molecule has 0 fully saturated rings. The van der Waals surface area contributed by atoms with Crippen molar-refractivity contribution < 1.29 is 5.11 Å². The number of aromatic nitrogens is 1. The third kappa shape index (κ3) is 4.90. The predicted molar refractivity (Wildman–Crippen MR) is 105 cm³/mol. The number of aromatic hydroxyl groups is 1. The number of hydrogen-bond donors (Lipinski definition) is 1. The van der Waals surface area contributed by atoms with E-state index >= 15 is 0 Å². The van der Waals surface area contributed by atoms with Crippen LogP contribution >= 0.6 is 23.2 Å². The minimum absolute atomic E-state index is 0. The zero-order chi connectivity index (χ0) is 18.5. The number of hydrogen-bond acceptors (Lipinski definition) is 2. The predicted octanol–water partition coefficient (Wildman–Crippen LogP) is 4.69. The van der Waals surface area contributed by atoms with Crippen LogP contribution in [-0.2, 0) is 25.8 Å². The largest absolute Gasteiger partial charge is 0.508 e. The number of benzene rings is 2. The van der Waals surface area contributed by atoms with Gasteiger partial charge < -0.3 is 9.67 Å². The van der Waals surface area contributed by atoms with Crippen molar-refractivity contribution in [1.82, 2.24) is 4.57 Å². The molecule has 0 aliphatic carbocycles. The molecule has 3 rings (SSSR count). The molecule has 0 aliphatic rings. The summed E-state index contributed by atoms with van der Waals surface area (Å²) in [5.41, 5.74) is 2.62. The van der Waals surface area contributed by atoms with Crippen molar-refractivity contribution in [3.05, 3.63) is 97.9 Å². The van der Waals surface area contributed by atoms with Gasteiger partial charge in [-0.3, -0.25) is 4.79 Å². The van der Waals surface area contributed by atoms with Gasteiger partial charge in [-0.05, 0) is 43.0 Å². The van der Waals surface area contributed by atoms with Gasteiger partial charge in [0, 0.05) is 12.2 Å². The Balaban J connectivity index is 0.00000261. The van der Waals surface area contributed by atoms with E-state index in [1.807, 2.05) is 30.3 Å². The first-order chi connectivity index (χ1) is 12.5. The third-order valence-electron chi connectivity index (χ3n) is 4.28. The fourth-order valence-corrected chi connectivity index (χ4v) is 3.50. The Morgan fingerprint density at radius 3 is 2.37 bits per heavy atom. The van der Waals surface area contributed by atoms with Crippen LogP contribution in [-0.4, -0.2) is 9.67 Å². The van der Waals surface area contributed by atoms with Gasteiger partial charge in [0.2, 0.25) is 0 Å². The van der Waals surface area contributed by atoms with Gasteiger partial charge in [-0.25, -0.2) is 0 Å². The fraction of sp³-hybridized carbons (Fsp3) is 0.190. The molecule has 144 valence electrons. The zero-order valence-corrected chi connectivity index (χ0v) is 18.5. The number of phenols is 1. The second-order valence-electron chi connectivity index (χ2n) is 6.07. The van der Waals surface area contributed by atoms with E-state index in [1.165, 1.54) is 6.07 Å². The number of rotatable bonds is 6. The molecule has 0 saturated heterocycles. The van der Waals surface area contributed by atoms with E-state index in [4.69, 9.17) is 23.2 Å². The number of aryl methyl sites for hydroxylation is 2. The molecule has 0 radical (unpaired) electrons. The summed E-state index contributed by atoms with van der Waals surface area (Å²) >= 11 is 12.4. The summed E-state index contributed by atoms with van der Waals surface area (Å²) in [6.07, 6.45) is 1.94. The molecule has 0 saturated carbocycles. The second-order valence-corrected chi connectivity index (χ2v) is 6.89. The van der Waals surface area contributed by atoms with E-state index in [1.54, 1.807) is 22.8 Å². The number of pyridine rings is 1. The Kier molecular flexibility index (Phi) is 6.64. The Hall–Kier alpha value is -3.23. The third-order valence-corrected chi connectivity index (χ3v) is 4.87. The van der Waals surface area contributed by atoms with E-state index < -0.39 is 0 Å². The minimum Gasteiger partial charge on any atom is -0.508 e. The minimum atomic E-state index is -0.232. The topological polar surface area (TPSA) is 42.2 Å². The van der Waals surface area contributed by atoms with Gasteiger partial charge in [-0.2, -0.15) is 35.9 Å². The first kappa shape index (κ1) is 20.1. The summed E-state index contributed by atoms with van der Waals surface area (Å²) in [5.74, 6) is 0.225. The summed E-state index contributed by atoms with van der Waals surface area (Å²) in [4.78, 5) is 12.6. The molecule has 0 atom stereocenters. The molecular weight excluding hydrogens is 620 g/mol. The average Bonchev–Trinajstić information content (AvgIpc) is 2.63. The van der Waals surface area contributed by atoms with Crippen LogP contribution in [0.1, 0.15) is 16.8 Å². The van der Waals surface area contributed by atoms with Crippen LogP contribution in [0.3, 0.4) is 0 Å². The first-order valence-electron chi connectivity index (χ1n) is 8.35. The molecule has 2 aromatic carbocycles. The molecule has 3 nitrogen and oxygen atoms in total. The molecule has 0 bridgehead atoms. The molecule has 27 heavy (non-hydrogen) atoms. The summed E-state index contributed by atoms with van der Waals surface area (Å²) in [5, 5.41) is 10.2. The molecule has 0 amide bonds. The van der Waals surface area contributed by atoms with Crippen LogP contribution in [0.5, 0.6) is 5.75 Å². The second kappa shape index (κ2) is 8.93. The fourth-order valence-electron chi connectivity index (χ4n) is 2.93. The van der Waals surface area contributed by atoms with Gasteiger partial charge in [0.15, 0.2) is 0 Å². The maximum atomic E-state index is 12.6. The van der Waals surface area contributed by atoms with E-state index in [-0.39, 0.29) is 16.3 Å². The summed E-state index contributed by atoms with van der Waals surface area (Å²) in [7, 11) is 0. The molecule has 0 unspecified atom stereocenters. The summed E-state index contributed by atoms with van der Waals surface area (Å²) in [6.45, 7) is 0.499. The number of halogens is 2. The maximum absolute atomic E-state index is 12.6. The molecule has 0 aliphatic heterocycles. The van der Waals surface area contributed by atoms with E-state index in [0.717, 1.165) is 16.8 Å². The standard InChI is InChI=1S/C21H18Cl2NO2.Cf/c22-18-14-19(23)21(26)24(12-11-15-5-2-1-3-6-15)20(18)10-9-16-7-4-8-17(25)13-16;/h2-8,13-14,25H,9-12H2;/q-1;. The van der Waals surface area contributed by atoms with Gasteiger partial charge in [0.25, 0.3) is 5.56 Å². The molecule has 1 N–H and O–H groups in total. The molecular formula is C21H18CfCl2NO2-. The van der Waals surface area contributed by atoms with Crippen LogP contribution in [0.4, 0.5) is 0 Å². The number of nitrogens with zero attached hydrogens (tertiary/aromatic N) is 1. The van der Waals surface area contributed by atoms with Crippen molar-refractivity contribution in [3.8, 4) is 5.75 Å². The van der Waals surface area contributed by atoms with Crippen molar-refractivity contribution in [2.24, 2.45) is 0 Å². The average molecular weight is 638 g/mol. The Labute approximate surface area is 162 Å². The summed E-state index contributed by atoms with van der Waals surface area (Å²) in [6, 6.07) is 19.2. The Morgan fingerprint density at radius 1 is 0.926 bits per heavy atom. The zero-order valence-electron chi connectivity index (χ0n) is 14.4. The van der Waals surface area contributed by atoms with Gasteiger partial charge >= 0.3 is 0 Å². The van der Waals surface area contributed by atoms with Crippen LogP contribution in [0.25, 0.3) is 0 Å². The summed E-state index contributed by atoms with van der Waals surface area (Å²) < 4.78 is 1.66. The molecule has 1 aromatic heterocycles. The maximum Gasteiger partial charge on any atom is 0.269 e. The van der Waals surface area contributed by atoms with Crippen molar-refractivity contribution in [2.45, 2.75) is 25.8 Å². The molecule has 6 heteroatoms. The quantitative estimate of drug-likeness (QED) is 0.399. The van der Waals surface area contributed by atoms with Crippen LogP contribution < -0.4 is 5.56 Å². The Bertz CT molecular complexity index is 958. The van der Waals surface area contributed by atoms with E-state index in [0.29, 0.717) is 30.8 Å². The number of phenolic OH excluding ortho intramolecular Hbond substituents is 1. The van der Waals surface area contributed by atoms with Crippen molar-refractivity contribution in [1.29, 1.82) is 0 Å². The van der Waals surface area contributed by atoms with E-state index in [9.17, 15) is 9.90 Å². The molecule has 0 spiro atoms. The van der Waals surface area contributed by atoms with Gasteiger partial charge in [0.1, 0.15) is 10.8 Å². The van der Waals surface area contributed by atoms with Gasteiger partial charge in [-0.15, -0.1) is 0 Å². The van der Waals surface area contributed by atoms with Crippen LogP contribution in [0.15, 0.2) is 59.4 Å². The smallest absolute Gasteiger partial charge is 0.269 e. The van der Waals surface area contributed by atoms with Crippen molar-refractivity contribution in [2.75, 3.05) is 0 Å². The first-order valence-corrected chi connectivity index (χ1v) is 9.11. The molecule has 1 heterocycles. The monoisotopic (exact) mass is 635 g/mol. The van der Waals surface area contributed by atoms with Crippen LogP contribution in [0.2, 0.25) is 10.0 Å². The van der Waals surface area contributed by atoms with Gasteiger partial charge in [0.05, 0.1) is 5.02 Å². The van der Waals surface area contributed by atoms with Gasteiger partial charge in [-0.1, -0.05) is 35.3 Å². The normalized spacial score (nSPS) is 10.4. The molecule has 3 aromatic rings. The Morgan fingerprint density at radius 2 is 1.67 bits per heavy atom.